The molecule has 7 heteroatoms. The number of amides is 1. The average molecular weight is 386 g/mol. The van der Waals surface area contributed by atoms with Crippen LogP contribution in [0.15, 0.2) is 12.1 Å². The number of rotatable bonds is 8. The molecule has 2 heterocycles. The van der Waals surface area contributed by atoms with E-state index in [1.807, 2.05) is 19.9 Å². The van der Waals surface area contributed by atoms with E-state index in [0.29, 0.717) is 12.8 Å². The van der Waals surface area contributed by atoms with Gasteiger partial charge in [-0.2, -0.15) is 0 Å². The van der Waals surface area contributed by atoms with Crippen LogP contribution in [-0.2, 0) is 16.1 Å². The maximum Gasteiger partial charge on any atom is 0.221 e. The molecule has 0 atom stereocenters. The van der Waals surface area contributed by atoms with Gasteiger partial charge in [0.15, 0.2) is 0 Å². The summed E-state index contributed by atoms with van der Waals surface area (Å²) < 4.78 is 0.840. The Kier molecular flexibility index (Phi) is 7.43. The quantitative estimate of drug-likeness (QED) is 0.747. The molecule has 0 bridgehead atoms. The van der Waals surface area contributed by atoms with Crippen molar-refractivity contribution < 1.29 is 9.59 Å². The fourth-order valence-corrected chi connectivity index (χ4v) is 4.32. The van der Waals surface area contributed by atoms with Crippen molar-refractivity contribution in [1.29, 1.82) is 0 Å². The summed E-state index contributed by atoms with van der Waals surface area (Å²) in [5, 5.41) is 2.96. The Morgan fingerprint density at radius 2 is 1.84 bits per heavy atom. The first kappa shape index (κ1) is 20.4. The maximum atomic E-state index is 12.1. The number of halogens is 1. The highest BCUT2D eigenvalue weighted by Crippen LogP contribution is 2.23. The molecule has 0 aromatic carbocycles. The Morgan fingerprint density at radius 1 is 1.20 bits per heavy atom. The van der Waals surface area contributed by atoms with E-state index in [2.05, 4.69) is 21.2 Å². The third-order valence-electron chi connectivity index (χ3n) is 4.30. The molecule has 1 amide bonds. The zero-order valence-electron chi connectivity index (χ0n) is 15.3. The number of piperazine rings is 1. The van der Waals surface area contributed by atoms with Crippen molar-refractivity contribution >= 4 is 34.6 Å². The minimum absolute atomic E-state index is 0.0157. The Bertz CT molecular complexity index is 595. The van der Waals surface area contributed by atoms with Gasteiger partial charge in [0.05, 0.1) is 4.34 Å². The number of carbonyl (C=O) groups excluding carboxylic acids is 2. The summed E-state index contributed by atoms with van der Waals surface area (Å²) in [5.74, 6) is 0.107. The van der Waals surface area contributed by atoms with E-state index in [1.165, 1.54) is 4.88 Å². The first-order valence-electron chi connectivity index (χ1n) is 8.73. The minimum Gasteiger partial charge on any atom is -0.351 e. The molecule has 0 aliphatic carbocycles. The summed E-state index contributed by atoms with van der Waals surface area (Å²) in [5.41, 5.74) is -0.469. The minimum atomic E-state index is -0.469. The third kappa shape index (κ3) is 7.44. The van der Waals surface area contributed by atoms with Crippen molar-refractivity contribution in [3.63, 3.8) is 0 Å². The lowest BCUT2D eigenvalue weighted by molar-refractivity contribution is -0.124. The van der Waals surface area contributed by atoms with E-state index < -0.39 is 5.54 Å². The Labute approximate surface area is 159 Å². The summed E-state index contributed by atoms with van der Waals surface area (Å²) in [6.45, 7) is 11.0. The molecule has 0 saturated carbocycles. The molecule has 1 aliphatic rings. The fraction of sp³-hybridized carbons (Fsp3) is 0.667. The van der Waals surface area contributed by atoms with Crippen LogP contribution < -0.4 is 5.32 Å². The van der Waals surface area contributed by atoms with Crippen LogP contribution in [0.3, 0.4) is 0 Å². The Hall–Kier alpha value is -0.950. The van der Waals surface area contributed by atoms with E-state index in [1.54, 1.807) is 18.3 Å². The van der Waals surface area contributed by atoms with Crippen LogP contribution in [-0.4, -0.2) is 59.8 Å². The molecule has 5 nitrogen and oxygen atoms in total. The summed E-state index contributed by atoms with van der Waals surface area (Å²) in [4.78, 5) is 29.4. The molecule has 1 saturated heterocycles. The molecule has 140 valence electrons. The summed E-state index contributed by atoms with van der Waals surface area (Å²) in [6.07, 6.45) is 0.839. The molecular weight excluding hydrogens is 358 g/mol. The van der Waals surface area contributed by atoms with Gasteiger partial charge in [-0.3, -0.25) is 14.5 Å². The van der Waals surface area contributed by atoms with Crippen molar-refractivity contribution in [2.24, 2.45) is 0 Å². The fourth-order valence-electron chi connectivity index (χ4n) is 3.19. The van der Waals surface area contributed by atoms with Crippen molar-refractivity contribution in [3.8, 4) is 0 Å². The van der Waals surface area contributed by atoms with E-state index in [0.717, 1.165) is 43.6 Å². The van der Waals surface area contributed by atoms with Crippen molar-refractivity contribution in [2.75, 3.05) is 32.7 Å². The van der Waals surface area contributed by atoms with Crippen molar-refractivity contribution in [3.05, 3.63) is 21.3 Å². The van der Waals surface area contributed by atoms with Crippen LogP contribution >= 0.6 is 22.9 Å². The standard InChI is InChI=1S/C18H28ClN3O2S/c1-14(23)12-18(2,3)20-17(24)6-7-21-8-10-22(11-9-21)13-15-4-5-16(19)25-15/h4-5H,6-13H2,1-3H3,(H,20,24). The molecule has 2 rings (SSSR count). The number of nitrogens with zero attached hydrogens (tertiary/aromatic N) is 2. The Balaban J connectivity index is 1.66. The normalized spacial score (nSPS) is 16.8. The number of hydrogen-bond acceptors (Lipinski definition) is 5. The number of thiophene rings is 1. The van der Waals surface area contributed by atoms with E-state index >= 15 is 0 Å². The molecule has 0 unspecified atom stereocenters. The maximum absolute atomic E-state index is 12.1. The summed E-state index contributed by atoms with van der Waals surface area (Å²) >= 11 is 7.62. The SMILES string of the molecule is CC(=O)CC(C)(C)NC(=O)CCN1CCN(Cc2ccc(Cl)s2)CC1. The van der Waals surface area contributed by atoms with Crippen LogP contribution in [0.4, 0.5) is 0 Å². The van der Waals surface area contributed by atoms with Crippen LogP contribution in [0.1, 0.15) is 38.5 Å². The lowest BCUT2D eigenvalue weighted by Crippen LogP contribution is -2.48. The van der Waals surface area contributed by atoms with Gasteiger partial charge in [-0.1, -0.05) is 11.6 Å². The molecule has 1 aromatic heterocycles. The zero-order chi connectivity index (χ0) is 18.4. The zero-order valence-corrected chi connectivity index (χ0v) is 16.9. The number of ketones is 1. The predicted molar refractivity (Wildman–Crippen MR) is 103 cm³/mol. The summed E-state index contributed by atoms with van der Waals surface area (Å²) in [6, 6.07) is 4.04. The smallest absolute Gasteiger partial charge is 0.221 e. The van der Waals surface area contributed by atoms with Gasteiger partial charge in [0.25, 0.3) is 0 Å². The van der Waals surface area contributed by atoms with Gasteiger partial charge in [-0.15, -0.1) is 11.3 Å². The summed E-state index contributed by atoms with van der Waals surface area (Å²) in [7, 11) is 0. The lowest BCUT2D eigenvalue weighted by Gasteiger charge is -2.34. The highest BCUT2D eigenvalue weighted by Gasteiger charge is 2.23. The van der Waals surface area contributed by atoms with Gasteiger partial charge in [0.2, 0.25) is 5.91 Å². The second kappa shape index (κ2) is 9.12. The molecule has 0 spiro atoms. The van der Waals surface area contributed by atoms with Gasteiger partial charge in [-0.05, 0) is 32.9 Å². The van der Waals surface area contributed by atoms with Gasteiger partial charge in [-0.25, -0.2) is 0 Å². The number of carbonyl (C=O) groups is 2. The van der Waals surface area contributed by atoms with Gasteiger partial charge >= 0.3 is 0 Å². The van der Waals surface area contributed by atoms with E-state index in [4.69, 9.17) is 11.6 Å². The second-order valence-electron chi connectivity index (χ2n) is 7.38. The van der Waals surface area contributed by atoms with Crippen LogP contribution in [0.2, 0.25) is 4.34 Å². The van der Waals surface area contributed by atoms with Crippen LogP contribution in [0, 0.1) is 0 Å². The highest BCUT2D eigenvalue weighted by molar-refractivity contribution is 7.16. The molecule has 1 aliphatic heterocycles. The van der Waals surface area contributed by atoms with E-state index in [-0.39, 0.29) is 11.7 Å². The van der Waals surface area contributed by atoms with Crippen LogP contribution in [0.25, 0.3) is 0 Å². The first-order chi connectivity index (χ1) is 11.7. The monoisotopic (exact) mass is 385 g/mol. The van der Waals surface area contributed by atoms with Gasteiger partial charge < -0.3 is 10.2 Å². The highest BCUT2D eigenvalue weighted by atomic mass is 35.5. The number of Topliss-reactive ketones (excluding diaryl/α,β-unsaturated/α-hetero) is 1. The van der Waals surface area contributed by atoms with Crippen molar-refractivity contribution in [2.45, 2.75) is 45.7 Å². The molecule has 1 fully saturated rings. The van der Waals surface area contributed by atoms with Crippen LogP contribution in [0.5, 0.6) is 0 Å². The second-order valence-corrected chi connectivity index (χ2v) is 9.18. The number of hydrogen-bond donors (Lipinski definition) is 1. The molecule has 0 radical (unpaired) electrons. The Morgan fingerprint density at radius 3 is 2.40 bits per heavy atom. The molecule has 1 aromatic rings. The topological polar surface area (TPSA) is 52.7 Å². The van der Waals surface area contributed by atoms with Crippen molar-refractivity contribution in [1.82, 2.24) is 15.1 Å². The first-order valence-corrected chi connectivity index (χ1v) is 9.92. The third-order valence-corrected chi connectivity index (χ3v) is 5.51. The molecule has 25 heavy (non-hydrogen) atoms. The molecular formula is C18H28ClN3O2S. The lowest BCUT2D eigenvalue weighted by atomic mass is 9.98. The predicted octanol–water partition coefficient (Wildman–Crippen LogP) is 2.78. The average Bonchev–Trinajstić information content (AvgIpc) is 2.90. The van der Waals surface area contributed by atoms with E-state index in [9.17, 15) is 9.59 Å². The van der Waals surface area contributed by atoms with Gasteiger partial charge in [0, 0.05) is 62.5 Å². The molecule has 1 N–H and O–H groups in total. The van der Waals surface area contributed by atoms with Gasteiger partial charge in [0.1, 0.15) is 5.78 Å². The largest absolute Gasteiger partial charge is 0.351 e. The number of nitrogens with one attached hydrogen (secondary N) is 1.